The van der Waals surface area contributed by atoms with Crippen molar-refractivity contribution in [2.24, 2.45) is 7.05 Å². The van der Waals surface area contributed by atoms with Gasteiger partial charge in [-0.2, -0.15) is 8.75 Å². The third-order valence-corrected chi connectivity index (χ3v) is 3.45. The van der Waals surface area contributed by atoms with Crippen molar-refractivity contribution >= 4 is 11.7 Å². The molecule has 0 aliphatic rings. The monoisotopic (exact) mass is 265 g/mol. The van der Waals surface area contributed by atoms with Gasteiger partial charge in [0.15, 0.2) is 0 Å². The molecule has 6 heteroatoms. The van der Waals surface area contributed by atoms with Crippen LogP contribution in [0.15, 0.2) is 18.6 Å². The Morgan fingerprint density at radius 3 is 3.00 bits per heavy atom. The summed E-state index contributed by atoms with van der Waals surface area (Å²) in [5.74, 6) is 1.11. The average molecular weight is 265 g/mol. The summed E-state index contributed by atoms with van der Waals surface area (Å²) < 4.78 is 10.5. The zero-order chi connectivity index (χ0) is 12.8. The van der Waals surface area contributed by atoms with Gasteiger partial charge in [-0.05, 0) is 19.4 Å². The van der Waals surface area contributed by atoms with E-state index >= 15 is 0 Å². The van der Waals surface area contributed by atoms with Crippen molar-refractivity contribution < 1.29 is 0 Å². The lowest BCUT2D eigenvalue weighted by atomic mass is 10.1. The third-order valence-electron chi connectivity index (χ3n) is 2.95. The van der Waals surface area contributed by atoms with Gasteiger partial charge in [-0.1, -0.05) is 6.92 Å². The molecular formula is C12H19N5S. The zero-order valence-electron chi connectivity index (χ0n) is 10.8. The standard InChI is InChI=1S/C12H19N5S/c1-3-6-13-10(11-9-15-18-16-11)4-5-12-14-7-8-17(12)2/h7-10,13H,3-6H2,1-2H3. The highest BCUT2D eigenvalue weighted by Gasteiger charge is 2.14. The lowest BCUT2D eigenvalue weighted by Crippen LogP contribution is -2.23. The van der Waals surface area contributed by atoms with Gasteiger partial charge in [0, 0.05) is 25.9 Å². The van der Waals surface area contributed by atoms with Gasteiger partial charge in [0.1, 0.15) is 5.82 Å². The molecule has 0 aromatic carbocycles. The molecule has 1 N–H and O–H groups in total. The number of nitrogens with zero attached hydrogens (tertiary/aromatic N) is 4. The summed E-state index contributed by atoms with van der Waals surface area (Å²) in [6.45, 7) is 3.17. The van der Waals surface area contributed by atoms with Crippen LogP contribution in [-0.4, -0.2) is 24.8 Å². The van der Waals surface area contributed by atoms with Crippen LogP contribution in [0.1, 0.15) is 37.3 Å². The molecule has 2 aromatic rings. The van der Waals surface area contributed by atoms with Crippen molar-refractivity contribution in [3.05, 3.63) is 30.1 Å². The molecule has 0 bridgehead atoms. The van der Waals surface area contributed by atoms with E-state index in [-0.39, 0.29) is 6.04 Å². The molecule has 2 heterocycles. The Morgan fingerprint density at radius 1 is 1.50 bits per heavy atom. The minimum absolute atomic E-state index is 0.278. The molecule has 0 aliphatic carbocycles. The Kier molecular flexibility index (Phi) is 4.83. The lowest BCUT2D eigenvalue weighted by molar-refractivity contribution is 0.484. The molecule has 5 nitrogen and oxygen atoms in total. The summed E-state index contributed by atoms with van der Waals surface area (Å²) in [6, 6.07) is 0.278. The van der Waals surface area contributed by atoms with Crippen LogP contribution >= 0.6 is 11.7 Å². The van der Waals surface area contributed by atoms with Crippen molar-refractivity contribution in [3.8, 4) is 0 Å². The SMILES string of the molecule is CCCNC(CCc1nccn1C)c1cnsn1. The highest BCUT2D eigenvalue weighted by Crippen LogP contribution is 2.17. The van der Waals surface area contributed by atoms with Gasteiger partial charge in [0.2, 0.25) is 0 Å². The smallest absolute Gasteiger partial charge is 0.108 e. The number of hydrogen-bond donors (Lipinski definition) is 1. The fourth-order valence-corrected chi connectivity index (χ4v) is 2.38. The first-order valence-corrected chi connectivity index (χ1v) is 7.01. The lowest BCUT2D eigenvalue weighted by Gasteiger charge is -2.15. The van der Waals surface area contributed by atoms with Crippen LogP contribution in [0.5, 0.6) is 0 Å². The Balaban J connectivity index is 1.95. The van der Waals surface area contributed by atoms with Crippen molar-refractivity contribution in [2.45, 2.75) is 32.2 Å². The predicted octanol–water partition coefficient (Wildman–Crippen LogP) is 1.95. The summed E-state index contributed by atoms with van der Waals surface area (Å²) >= 11 is 1.27. The molecule has 0 saturated heterocycles. The van der Waals surface area contributed by atoms with Gasteiger partial charge < -0.3 is 9.88 Å². The van der Waals surface area contributed by atoms with Crippen LogP contribution < -0.4 is 5.32 Å². The van der Waals surface area contributed by atoms with E-state index in [1.807, 2.05) is 25.6 Å². The number of aromatic nitrogens is 4. The molecule has 0 saturated carbocycles. The van der Waals surface area contributed by atoms with E-state index < -0.39 is 0 Å². The van der Waals surface area contributed by atoms with E-state index in [4.69, 9.17) is 0 Å². The first-order valence-electron chi connectivity index (χ1n) is 6.28. The number of nitrogens with one attached hydrogen (secondary N) is 1. The summed E-state index contributed by atoms with van der Waals surface area (Å²) in [5, 5.41) is 3.52. The van der Waals surface area contributed by atoms with Crippen molar-refractivity contribution in [2.75, 3.05) is 6.54 Å². The highest BCUT2D eigenvalue weighted by molar-refractivity contribution is 6.99. The van der Waals surface area contributed by atoms with E-state index in [1.54, 1.807) is 0 Å². The second-order valence-corrected chi connectivity index (χ2v) is 4.89. The molecular weight excluding hydrogens is 246 g/mol. The number of aryl methyl sites for hydroxylation is 2. The van der Waals surface area contributed by atoms with Crippen molar-refractivity contribution in [3.63, 3.8) is 0 Å². The summed E-state index contributed by atoms with van der Waals surface area (Å²) in [7, 11) is 2.03. The van der Waals surface area contributed by atoms with Crippen molar-refractivity contribution in [1.29, 1.82) is 0 Å². The fourth-order valence-electron chi connectivity index (χ4n) is 1.91. The molecule has 1 unspecified atom stereocenters. The minimum Gasteiger partial charge on any atom is -0.338 e. The van der Waals surface area contributed by atoms with Gasteiger partial charge >= 0.3 is 0 Å². The Hall–Kier alpha value is -1.27. The fraction of sp³-hybridized carbons (Fsp3) is 0.583. The minimum atomic E-state index is 0.278. The maximum atomic E-state index is 4.35. The van der Waals surface area contributed by atoms with Gasteiger partial charge in [0.25, 0.3) is 0 Å². The number of hydrogen-bond acceptors (Lipinski definition) is 5. The average Bonchev–Trinajstić information content (AvgIpc) is 3.01. The summed E-state index contributed by atoms with van der Waals surface area (Å²) in [5.41, 5.74) is 1.04. The van der Waals surface area contributed by atoms with Crippen LogP contribution in [0, 0.1) is 0 Å². The first-order chi connectivity index (χ1) is 8.81. The van der Waals surface area contributed by atoms with E-state index in [9.17, 15) is 0 Å². The summed E-state index contributed by atoms with van der Waals surface area (Å²) in [4.78, 5) is 4.35. The molecule has 18 heavy (non-hydrogen) atoms. The van der Waals surface area contributed by atoms with Gasteiger partial charge in [-0.15, -0.1) is 0 Å². The normalized spacial score (nSPS) is 12.8. The second kappa shape index (κ2) is 6.61. The van der Waals surface area contributed by atoms with E-state index in [1.165, 1.54) is 11.7 Å². The van der Waals surface area contributed by atoms with Crippen molar-refractivity contribution in [1.82, 2.24) is 23.6 Å². The first kappa shape index (κ1) is 13.2. The van der Waals surface area contributed by atoms with Crippen LogP contribution in [0.25, 0.3) is 0 Å². The molecule has 1 atom stereocenters. The van der Waals surface area contributed by atoms with E-state index in [0.29, 0.717) is 0 Å². The van der Waals surface area contributed by atoms with Gasteiger partial charge in [-0.25, -0.2) is 4.98 Å². The quantitative estimate of drug-likeness (QED) is 0.831. The van der Waals surface area contributed by atoms with Gasteiger partial charge in [0.05, 0.1) is 29.7 Å². The predicted molar refractivity (Wildman–Crippen MR) is 72.5 cm³/mol. The van der Waals surface area contributed by atoms with Crippen LogP contribution in [0.4, 0.5) is 0 Å². The number of rotatable bonds is 7. The summed E-state index contributed by atoms with van der Waals surface area (Å²) in [6.07, 6.45) is 8.74. The third kappa shape index (κ3) is 3.36. The molecule has 0 spiro atoms. The van der Waals surface area contributed by atoms with E-state index in [2.05, 4.69) is 30.5 Å². The maximum absolute atomic E-state index is 4.35. The molecule has 0 radical (unpaired) electrons. The topological polar surface area (TPSA) is 55.6 Å². The zero-order valence-corrected chi connectivity index (χ0v) is 11.7. The Bertz CT molecular complexity index is 451. The molecule has 0 amide bonds. The largest absolute Gasteiger partial charge is 0.338 e. The Labute approximate surface area is 112 Å². The molecule has 0 fully saturated rings. The van der Waals surface area contributed by atoms with Crippen LogP contribution in [0.2, 0.25) is 0 Å². The Morgan fingerprint density at radius 2 is 2.39 bits per heavy atom. The molecule has 2 aromatic heterocycles. The second-order valence-electron chi connectivity index (χ2n) is 4.33. The molecule has 2 rings (SSSR count). The van der Waals surface area contributed by atoms with Crippen LogP contribution in [-0.2, 0) is 13.5 Å². The molecule has 98 valence electrons. The molecule has 0 aliphatic heterocycles. The van der Waals surface area contributed by atoms with Crippen LogP contribution in [0.3, 0.4) is 0 Å². The highest BCUT2D eigenvalue weighted by atomic mass is 32.1. The van der Waals surface area contributed by atoms with Gasteiger partial charge in [-0.3, -0.25) is 0 Å². The van der Waals surface area contributed by atoms with E-state index in [0.717, 1.165) is 37.3 Å². The maximum Gasteiger partial charge on any atom is 0.108 e. The number of imidazole rings is 1.